The maximum absolute atomic E-state index is 13.0. The van der Waals surface area contributed by atoms with Crippen LogP contribution >= 0.6 is 0 Å². The van der Waals surface area contributed by atoms with Gasteiger partial charge < -0.3 is 10.4 Å². The molecule has 0 saturated carbocycles. The molecule has 0 aromatic heterocycles. The first kappa shape index (κ1) is 19.1. The number of halogens is 3. The molecule has 0 unspecified atom stereocenters. The molecular formula is C19H15F3N2O2. The molecule has 0 aliphatic heterocycles. The summed E-state index contributed by atoms with van der Waals surface area (Å²) in [5.74, 6) is -0.850. The quantitative estimate of drug-likeness (QED) is 0.622. The van der Waals surface area contributed by atoms with Crippen LogP contribution in [0.15, 0.2) is 42.0 Å². The average molecular weight is 360 g/mol. The van der Waals surface area contributed by atoms with E-state index in [1.54, 1.807) is 32.0 Å². The van der Waals surface area contributed by atoms with E-state index in [0.717, 1.165) is 12.1 Å². The highest BCUT2D eigenvalue weighted by molar-refractivity contribution is 6.10. The van der Waals surface area contributed by atoms with Gasteiger partial charge in [0, 0.05) is 0 Å². The van der Waals surface area contributed by atoms with Crippen LogP contribution < -0.4 is 5.32 Å². The van der Waals surface area contributed by atoms with Crippen LogP contribution in [0.1, 0.15) is 22.3 Å². The Kier molecular flexibility index (Phi) is 5.36. The van der Waals surface area contributed by atoms with Gasteiger partial charge in [-0.05, 0) is 60.9 Å². The van der Waals surface area contributed by atoms with E-state index in [9.17, 15) is 28.3 Å². The molecule has 4 nitrogen and oxygen atoms in total. The zero-order valence-corrected chi connectivity index (χ0v) is 14.0. The number of aromatic hydroxyl groups is 1. The zero-order chi connectivity index (χ0) is 19.5. The Balaban J connectivity index is 2.36. The SMILES string of the molecule is Cc1cc(/C=C(/C#N)C(=O)Nc2ccccc2C(F)(F)F)cc(C)c1O. The lowest BCUT2D eigenvalue weighted by Gasteiger charge is -2.13. The maximum atomic E-state index is 13.0. The maximum Gasteiger partial charge on any atom is 0.418 e. The van der Waals surface area contributed by atoms with Crippen molar-refractivity contribution in [1.29, 1.82) is 5.26 Å². The molecule has 1 amide bonds. The molecule has 2 aromatic carbocycles. The van der Waals surface area contributed by atoms with Gasteiger partial charge in [-0.2, -0.15) is 18.4 Å². The number of phenolic OH excluding ortho intramolecular Hbond substituents is 1. The van der Waals surface area contributed by atoms with Crippen molar-refractivity contribution in [2.24, 2.45) is 0 Å². The summed E-state index contributed by atoms with van der Waals surface area (Å²) < 4.78 is 39.0. The topological polar surface area (TPSA) is 73.1 Å². The van der Waals surface area contributed by atoms with Crippen molar-refractivity contribution < 1.29 is 23.1 Å². The van der Waals surface area contributed by atoms with Gasteiger partial charge in [0.2, 0.25) is 0 Å². The normalized spacial score (nSPS) is 11.8. The van der Waals surface area contributed by atoms with E-state index in [4.69, 9.17) is 0 Å². The Morgan fingerprint density at radius 2 is 1.77 bits per heavy atom. The highest BCUT2D eigenvalue weighted by Gasteiger charge is 2.33. The lowest BCUT2D eigenvalue weighted by Crippen LogP contribution is -2.17. The summed E-state index contributed by atoms with van der Waals surface area (Å²) in [5.41, 5.74) is -0.195. The van der Waals surface area contributed by atoms with E-state index in [1.807, 2.05) is 0 Å². The summed E-state index contributed by atoms with van der Waals surface area (Å²) >= 11 is 0. The van der Waals surface area contributed by atoms with Crippen molar-refractivity contribution in [2.45, 2.75) is 20.0 Å². The van der Waals surface area contributed by atoms with Crippen LogP contribution in [-0.2, 0) is 11.0 Å². The summed E-state index contributed by atoms with van der Waals surface area (Å²) in [6.07, 6.45) is -3.38. The number of benzene rings is 2. The fourth-order valence-corrected chi connectivity index (χ4v) is 2.42. The monoisotopic (exact) mass is 360 g/mol. The molecule has 0 spiro atoms. The summed E-state index contributed by atoms with van der Waals surface area (Å²) in [6.45, 7) is 3.32. The molecule has 0 fully saturated rings. The van der Waals surface area contributed by atoms with Crippen LogP contribution in [0, 0.1) is 25.2 Å². The van der Waals surface area contributed by atoms with Gasteiger partial charge in [0.1, 0.15) is 17.4 Å². The number of rotatable bonds is 3. The third kappa shape index (κ3) is 4.22. The number of para-hydroxylation sites is 1. The Hall–Kier alpha value is -3.27. The number of carbonyl (C=O) groups is 1. The number of nitrogens with zero attached hydrogens (tertiary/aromatic N) is 1. The van der Waals surface area contributed by atoms with Crippen LogP contribution in [-0.4, -0.2) is 11.0 Å². The Labute approximate surface area is 148 Å². The summed E-state index contributed by atoms with van der Waals surface area (Å²) in [5, 5.41) is 21.1. The standard InChI is InChI=1S/C19H15F3N2O2/c1-11-7-13(8-12(2)17(11)25)9-14(10-23)18(26)24-16-6-4-3-5-15(16)19(20,21)22/h3-9,25H,1-2H3,(H,24,26)/b14-9-. The molecule has 2 rings (SSSR count). The number of anilines is 1. The van der Waals surface area contributed by atoms with Crippen LogP contribution in [0.25, 0.3) is 6.08 Å². The Morgan fingerprint density at radius 1 is 1.19 bits per heavy atom. The summed E-state index contributed by atoms with van der Waals surface area (Å²) in [4.78, 5) is 12.2. The number of aryl methyl sites for hydroxylation is 2. The number of alkyl halides is 3. The molecule has 0 saturated heterocycles. The first-order chi connectivity index (χ1) is 12.1. The Morgan fingerprint density at radius 3 is 2.31 bits per heavy atom. The lowest BCUT2D eigenvalue weighted by molar-refractivity contribution is -0.137. The largest absolute Gasteiger partial charge is 0.507 e. The van der Waals surface area contributed by atoms with Crippen LogP contribution in [0.4, 0.5) is 18.9 Å². The Bertz CT molecular complexity index is 902. The second-order valence-electron chi connectivity index (χ2n) is 5.67. The van der Waals surface area contributed by atoms with Crippen molar-refractivity contribution >= 4 is 17.7 Å². The number of nitrogens with one attached hydrogen (secondary N) is 1. The van der Waals surface area contributed by atoms with E-state index in [2.05, 4.69) is 5.32 Å². The molecule has 7 heteroatoms. The molecular weight excluding hydrogens is 345 g/mol. The van der Waals surface area contributed by atoms with Crippen molar-refractivity contribution in [3.05, 3.63) is 64.2 Å². The van der Waals surface area contributed by atoms with Gasteiger partial charge in [0.25, 0.3) is 5.91 Å². The van der Waals surface area contributed by atoms with Crippen LogP contribution in [0.5, 0.6) is 5.75 Å². The number of hydrogen-bond acceptors (Lipinski definition) is 3. The van der Waals surface area contributed by atoms with Gasteiger partial charge in [0.05, 0.1) is 11.3 Å². The molecule has 2 aromatic rings. The first-order valence-electron chi connectivity index (χ1n) is 7.53. The second-order valence-corrected chi connectivity index (χ2v) is 5.67. The van der Waals surface area contributed by atoms with Gasteiger partial charge in [-0.1, -0.05) is 12.1 Å². The molecule has 0 aliphatic rings. The number of hydrogen-bond donors (Lipinski definition) is 2. The average Bonchev–Trinajstić information content (AvgIpc) is 2.56. The minimum absolute atomic E-state index is 0.101. The van der Waals surface area contributed by atoms with Gasteiger partial charge in [0.15, 0.2) is 0 Å². The summed E-state index contributed by atoms with van der Waals surface area (Å²) in [6, 6.07) is 9.35. The molecule has 0 heterocycles. The predicted octanol–water partition coefficient (Wildman–Crippen LogP) is 4.57. The first-order valence-corrected chi connectivity index (χ1v) is 7.53. The fourth-order valence-electron chi connectivity index (χ4n) is 2.42. The van der Waals surface area contributed by atoms with Crippen molar-refractivity contribution in [2.75, 3.05) is 5.32 Å². The number of amides is 1. The smallest absolute Gasteiger partial charge is 0.418 e. The number of phenols is 1. The molecule has 0 atom stereocenters. The highest BCUT2D eigenvalue weighted by atomic mass is 19.4. The molecule has 134 valence electrons. The molecule has 0 radical (unpaired) electrons. The fraction of sp³-hybridized carbons (Fsp3) is 0.158. The van der Waals surface area contributed by atoms with Crippen LogP contribution in [0.2, 0.25) is 0 Å². The predicted molar refractivity (Wildman–Crippen MR) is 91.2 cm³/mol. The molecule has 2 N–H and O–H groups in total. The summed E-state index contributed by atoms with van der Waals surface area (Å²) in [7, 11) is 0. The van der Waals surface area contributed by atoms with Gasteiger partial charge in [-0.15, -0.1) is 0 Å². The van der Waals surface area contributed by atoms with Crippen molar-refractivity contribution in [1.82, 2.24) is 0 Å². The van der Waals surface area contributed by atoms with E-state index in [0.29, 0.717) is 16.7 Å². The minimum atomic E-state index is -4.63. The van der Waals surface area contributed by atoms with E-state index in [-0.39, 0.29) is 11.3 Å². The van der Waals surface area contributed by atoms with Gasteiger partial charge >= 0.3 is 6.18 Å². The molecule has 26 heavy (non-hydrogen) atoms. The van der Waals surface area contributed by atoms with E-state index >= 15 is 0 Å². The third-order valence-corrected chi connectivity index (χ3v) is 3.67. The van der Waals surface area contributed by atoms with E-state index < -0.39 is 23.3 Å². The molecule has 0 bridgehead atoms. The third-order valence-electron chi connectivity index (χ3n) is 3.67. The van der Waals surface area contributed by atoms with Crippen molar-refractivity contribution in [3.63, 3.8) is 0 Å². The zero-order valence-electron chi connectivity index (χ0n) is 14.0. The van der Waals surface area contributed by atoms with E-state index in [1.165, 1.54) is 18.2 Å². The number of nitriles is 1. The highest BCUT2D eigenvalue weighted by Crippen LogP contribution is 2.34. The second kappa shape index (κ2) is 7.31. The molecule has 0 aliphatic carbocycles. The minimum Gasteiger partial charge on any atom is -0.507 e. The number of carbonyl (C=O) groups excluding carboxylic acids is 1. The van der Waals surface area contributed by atoms with Crippen molar-refractivity contribution in [3.8, 4) is 11.8 Å². The lowest BCUT2D eigenvalue weighted by atomic mass is 10.0. The van der Waals surface area contributed by atoms with Gasteiger partial charge in [-0.3, -0.25) is 4.79 Å². The van der Waals surface area contributed by atoms with Gasteiger partial charge in [-0.25, -0.2) is 0 Å². The van der Waals surface area contributed by atoms with Crippen LogP contribution in [0.3, 0.4) is 0 Å².